The Bertz CT molecular complexity index is 1590. The van der Waals surface area contributed by atoms with Crippen LogP contribution in [0.4, 0.5) is 0 Å². The van der Waals surface area contributed by atoms with Crippen LogP contribution < -0.4 is 28.4 Å². The average molecular weight is 459 g/mol. The molecule has 0 atom stereocenters. The van der Waals surface area contributed by atoms with Crippen molar-refractivity contribution in [3.05, 3.63) is 42.5 Å². The maximum Gasteiger partial charge on any atom is 0.231 e. The lowest BCUT2D eigenvalue weighted by atomic mass is 9.99. The van der Waals surface area contributed by atoms with Gasteiger partial charge in [-0.05, 0) is 36.4 Å². The van der Waals surface area contributed by atoms with Crippen molar-refractivity contribution in [2.75, 3.05) is 35.2 Å². The summed E-state index contributed by atoms with van der Waals surface area (Å²) in [5, 5.41) is 3.48. The maximum absolute atomic E-state index is 6.21. The molecule has 0 amide bonds. The Morgan fingerprint density at radius 2 is 1.29 bits per heavy atom. The minimum Gasteiger partial charge on any atom is -0.493 e. The van der Waals surface area contributed by atoms with Gasteiger partial charge in [0, 0.05) is 27.8 Å². The molecule has 34 heavy (non-hydrogen) atoms. The lowest BCUT2D eigenvalue weighted by Crippen LogP contribution is -1.94. The van der Waals surface area contributed by atoms with Gasteiger partial charge in [-0.3, -0.25) is 0 Å². The normalized spacial score (nSPS) is 12.5. The Hall–Kier alpha value is -4.33. The average Bonchev–Trinajstić information content (AvgIpc) is 3.49. The van der Waals surface area contributed by atoms with Crippen molar-refractivity contribution in [3.8, 4) is 45.8 Å². The number of fused-ring (bicyclic) bond motifs is 6. The number of methoxy groups -OCH3 is 4. The fourth-order valence-corrected chi connectivity index (χ4v) is 4.46. The number of ether oxygens (including phenoxy) is 6. The molecule has 0 bridgehead atoms. The first-order valence-corrected chi connectivity index (χ1v) is 10.6. The second-order valence-corrected chi connectivity index (χ2v) is 7.77. The number of hydrogen-bond acceptors (Lipinski definition) is 8. The zero-order chi connectivity index (χ0) is 23.4. The Morgan fingerprint density at radius 3 is 2.00 bits per heavy atom. The molecule has 1 aliphatic heterocycles. The summed E-state index contributed by atoms with van der Waals surface area (Å²) in [6.07, 6.45) is 0. The number of furan rings is 1. The van der Waals surface area contributed by atoms with E-state index in [-0.39, 0.29) is 6.79 Å². The van der Waals surface area contributed by atoms with Crippen LogP contribution in [0.5, 0.6) is 34.5 Å². The van der Waals surface area contributed by atoms with E-state index in [1.165, 1.54) is 0 Å². The largest absolute Gasteiger partial charge is 0.493 e. The van der Waals surface area contributed by atoms with Crippen LogP contribution in [0, 0.1) is 0 Å². The highest BCUT2D eigenvalue weighted by Gasteiger charge is 2.22. The van der Waals surface area contributed by atoms with Crippen molar-refractivity contribution < 1.29 is 32.8 Å². The van der Waals surface area contributed by atoms with Crippen LogP contribution in [0.2, 0.25) is 0 Å². The Kier molecular flexibility index (Phi) is 4.55. The minimum absolute atomic E-state index is 0.199. The van der Waals surface area contributed by atoms with E-state index in [0.29, 0.717) is 45.8 Å². The van der Waals surface area contributed by atoms with Gasteiger partial charge in [0.2, 0.25) is 12.5 Å². The third-order valence-electron chi connectivity index (χ3n) is 6.08. The summed E-state index contributed by atoms with van der Waals surface area (Å²) in [7, 11) is 6.42. The first kappa shape index (κ1) is 20.3. The van der Waals surface area contributed by atoms with Gasteiger partial charge < -0.3 is 32.8 Å². The van der Waals surface area contributed by atoms with E-state index in [1.807, 2.05) is 42.5 Å². The molecular weight excluding hydrogens is 438 g/mol. The van der Waals surface area contributed by atoms with Crippen molar-refractivity contribution in [1.82, 2.24) is 4.98 Å². The summed E-state index contributed by atoms with van der Waals surface area (Å²) in [6, 6.07) is 13.3. The van der Waals surface area contributed by atoms with Gasteiger partial charge in [0.1, 0.15) is 5.58 Å². The molecule has 1 aliphatic rings. The molecule has 6 rings (SSSR count). The van der Waals surface area contributed by atoms with E-state index >= 15 is 0 Å². The lowest BCUT2D eigenvalue weighted by Gasteiger charge is -2.13. The fraction of sp³-hybridized carbons (Fsp3) is 0.192. The second-order valence-electron chi connectivity index (χ2n) is 7.77. The van der Waals surface area contributed by atoms with Gasteiger partial charge >= 0.3 is 0 Å². The van der Waals surface area contributed by atoms with Crippen molar-refractivity contribution in [1.29, 1.82) is 0 Å². The fourth-order valence-electron chi connectivity index (χ4n) is 4.46. The van der Waals surface area contributed by atoms with Crippen LogP contribution >= 0.6 is 0 Å². The van der Waals surface area contributed by atoms with Gasteiger partial charge in [-0.15, -0.1) is 0 Å². The molecule has 3 heterocycles. The Balaban J connectivity index is 1.74. The minimum atomic E-state index is 0.199. The molecule has 3 aromatic carbocycles. The van der Waals surface area contributed by atoms with E-state index in [9.17, 15) is 0 Å². The maximum atomic E-state index is 6.21. The monoisotopic (exact) mass is 459 g/mol. The molecule has 8 nitrogen and oxygen atoms in total. The Labute approximate surface area is 194 Å². The van der Waals surface area contributed by atoms with Crippen molar-refractivity contribution in [3.63, 3.8) is 0 Å². The van der Waals surface area contributed by atoms with Crippen LogP contribution in [-0.2, 0) is 0 Å². The van der Waals surface area contributed by atoms with E-state index in [0.717, 1.165) is 32.8 Å². The molecule has 0 spiro atoms. The van der Waals surface area contributed by atoms with Gasteiger partial charge in [0.05, 0.1) is 39.5 Å². The first-order chi connectivity index (χ1) is 16.6. The molecule has 8 heteroatoms. The first-order valence-electron chi connectivity index (χ1n) is 10.6. The summed E-state index contributed by atoms with van der Waals surface area (Å²) >= 11 is 0. The number of benzene rings is 3. The number of nitrogens with zero attached hydrogens (tertiary/aromatic N) is 1. The predicted molar refractivity (Wildman–Crippen MR) is 127 cm³/mol. The van der Waals surface area contributed by atoms with Gasteiger partial charge in [-0.2, -0.15) is 0 Å². The van der Waals surface area contributed by atoms with Gasteiger partial charge in [0.15, 0.2) is 34.5 Å². The standard InChI is InChI=1S/C26H21NO7/c1-28-19-8-14-15(9-20(19)29-2)25(13-5-6-17-23(7-13)33-12-32-17)27-26-24(14)16-10-21(30-3)22(31-4)11-18(16)34-26/h5-11H,12H2,1-4H3. The molecular formula is C26H21NO7. The molecule has 0 fully saturated rings. The van der Waals surface area contributed by atoms with Crippen molar-refractivity contribution >= 4 is 32.8 Å². The van der Waals surface area contributed by atoms with Crippen LogP contribution in [0.25, 0.3) is 44.1 Å². The van der Waals surface area contributed by atoms with E-state index < -0.39 is 0 Å². The molecule has 5 aromatic rings. The number of aromatic nitrogens is 1. The van der Waals surface area contributed by atoms with Crippen molar-refractivity contribution in [2.24, 2.45) is 0 Å². The van der Waals surface area contributed by atoms with Crippen LogP contribution in [0.1, 0.15) is 0 Å². The molecule has 0 radical (unpaired) electrons. The summed E-state index contributed by atoms with van der Waals surface area (Å²) in [5.41, 5.74) is 2.70. The van der Waals surface area contributed by atoms with E-state index in [2.05, 4.69) is 0 Å². The second kappa shape index (κ2) is 7.62. The molecule has 0 saturated heterocycles. The SMILES string of the molecule is COc1cc2oc3nc(-c4ccc5c(c4)OCO5)c4cc(OC)c(OC)cc4c3c2cc1OC. The lowest BCUT2D eigenvalue weighted by molar-refractivity contribution is 0.174. The molecule has 0 N–H and O–H groups in total. The summed E-state index contributed by atoms with van der Waals surface area (Å²) in [4.78, 5) is 4.94. The molecule has 0 aliphatic carbocycles. The summed E-state index contributed by atoms with van der Waals surface area (Å²) < 4.78 is 39.5. The predicted octanol–water partition coefficient (Wildman–Crippen LogP) is 5.56. The van der Waals surface area contributed by atoms with E-state index in [1.54, 1.807) is 28.4 Å². The number of hydrogen-bond donors (Lipinski definition) is 0. The highest BCUT2D eigenvalue weighted by Crippen LogP contribution is 2.45. The van der Waals surface area contributed by atoms with Gasteiger partial charge in [-0.1, -0.05) is 0 Å². The highest BCUT2D eigenvalue weighted by molar-refractivity contribution is 6.21. The highest BCUT2D eigenvalue weighted by atomic mass is 16.7. The third kappa shape index (κ3) is 2.88. The topological polar surface area (TPSA) is 81.4 Å². The Morgan fingerprint density at radius 1 is 0.676 bits per heavy atom. The molecule has 0 saturated carbocycles. The van der Waals surface area contributed by atoms with Crippen LogP contribution in [-0.4, -0.2) is 40.2 Å². The molecule has 2 aromatic heterocycles. The smallest absolute Gasteiger partial charge is 0.231 e. The molecule has 172 valence electrons. The summed E-state index contributed by atoms with van der Waals surface area (Å²) in [5.74, 6) is 3.77. The van der Waals surface area contributed by atoms with E-state index in [4.69, 9.17) is 37.8 Å². The van der Waals surface area contributed by atoms with Crippen LogP contribution in [0.15, 0.2) is 46.9 Å². The zero-order valence-electron chi connectivity index (χ0n) is 19.1. The van der Waals surface area contributed by atoms with Gasteiger partial charge in [0.25, 0.3) is 0 Å². The number of rotatable bonds is 5. The van der Waals surface area contributed by atoms with Crippen LogP contribution in [0.3, 0.4) is 0 Å². The number of pyridine rings is 1. The molecule has 0 unspecified atom stereocenters. The quantitative estimate of drug-likeness (QED) is 0.338. The third-order valence-corrected chi connectivity index (χ3v) is 6.08. The van der Waals surface area contributed by atoms with Gasteiger partial charge in [-0.25, -0.2) is 4.98 Å². The van der Waals surface area contributed by atoms with Crippen molar-refractivity contribution in [2.45, 2.75) is 0 Å². The zero-order valence-corrected chi connectivity index (χ0v) is 19.1. The summed E-state index contributed by atoms with van der Waals surface area (Å²) in [6.45, 7) is 0.199.